The van der Waals surface area contributed by atoms with E-state index in [2.05, 4.69) is 54.4 Å². The van der Waals surface area contributed by atoms with E-state index in [1.54, 1.807) is 4.68 Å². The molecule has 0 atom stereocenters. The van der Waals surface area contributed by atoms with E-state index in [1.807, 2.05) is 24.7 Å². The smallest absolute Gasteiger partial charge is 0.137 e. The molecular weight excluding hydrogens is 443 g/mol. The van der Waals surface area contributed by atoms with Crippen molar-refractivity contribution in [1.82, 2.24) is 34.7 Å². The van der Waals surface area contributed by atoms with Crippen LogP contribution in [0.4, 0.5) is 10.1 Å². The molecular formula is C26H29FN8. The molecule has 4 aliphatic rings. The number of hydrogen-bond acceptors (Lipinski definition) is 6. The Balaban J connectivity index is 1.01. The van der Waals surface area contributed by atoms with Gasteiger partial charge >= 0.3 is 0 Å². The molecule has 3 saturated carbocycles. The number of aromatic nitrogens is 6. The SMILES string of the molecule is FC12CC(CNCc3ccc4nc(Cc5cn(-c6cncc(N7CCCC7)c6)nn5)cn4c3)(C1)C2. The van der Waals surface area contributed by atoms with E-state index in [4.69, 9.17) is 4.98 Å². The third kappa shape index (κ3) is 3.87. The lowest BCUT2D eigenvalue weighted by Crippen LogP contribution is -2.67. The standard InChI is InChI=1S/C26H29FN8/c27-26-15-25(16-26,17-26)18-29-9-19-3-4-24-30-20(13-34(24)12-19)7-21-14-35(32-31-21)23-8-22(10-28-11-23)33-5-1-2-6-33/h3-4,8,10-14,29H,1-2,5-7,9,15-18H2. The number of halogens is 1. The Morgan fingerprint density at radius 3 is 2.63 bits per heavy atom. The second-order valence-electron chi connectivity index (χ2n) is 10.7. The van der Waals surface area contributed by atoms with Crippen LogP contribution in [0.25, 0.3) is 11.3 Å². The molecule has 0 amide bonds. The van der Waals surface area contributed by atoms with Crippen LogP contribution in [0.1, 0.15) is 49.1 Å². The second-order valence-corrected chi connectivity index (χ2v) is 10.7. The van der Waals surface area contributed by atoms with Gasteiger partial charge in [-0.2, -0.15) is 0 Å². The Morgan fingerprint density at radius 2 is 1.80 bits per heavy atom. The maximum atomic E-state index is 13.7. The molecule has 2 bridgehead atoms. The first kappa shape index (κ1) is 21.0. The van der Waals surface area contributed by atoms with Crippen LogP contribution < -0.4 is 10.2 Å². The Kier molecular flexibility index (Phi) is 4.70. The van der Waals surface area contributed by atoms with Crippen LogP contribution in [-0.2, 0) is 13.0 Å². The quantitative estimate of drug-likeness (QED) is 0.423. The van der Waals surface area contributed by atoms with Crippen molar-refractivity contribution in [2.45, 2.75) is 50.7 Å². The summed E-state index contributed by atoms with van der Waals surface area (Å²) in [6, 6.07) is 6.28. The molecule has 180 valence electrons. The summed E-state index contributed by atoms with van der Waals surface area (Å²) in [5.74, 6) is 0. The molecule has 1 aliphatic heterocycles. The number of anilines is 1. The van der Waals surface area contributed by atoms with E-state index in [1.165, 1.54) is 18.4 Å². The average Bonchev–Trinajstić information content (AvgIpc) is 3.58. The van der Waals surface area contributed by atoms with Gasteiger partial charge in [-0.1, -0.05) is 11.3 Å². The first-order valence-corrected chi connectivity index (χ1v) is 12.5. The molecule has 1 saturated heterocycles. The van der Waals surface area contributed by atoms with Crippen molar-refractivity contribution in [3.05, 3.63) is 66.1 Å². The van der Waals surface area contributed by atoms with Gasteiger partial charge in [0.15, 0.2) is 0 Å². The second kappa shape index (κ2) is 7.84. The molecule has 0 aromatic carbocycles. The molecule has 35 heavy (non-hydrogen) atoms. The van der Waals surface area contributed by atoms with E-state index in [0.717, 1.165) is 73.9 Å². The molecule has 8 rings (SSSR count). The Morgan fingerprint density at radius 1 is 0.971 bits per heavy atom. The first-order valence-electron chi connectivity index (χ1n) is 12.5. The Hall–Kier alpha value is -3.33. The minimum absolute atomic E-state index is 0.226. The highest BCUT2D eigenvalue weighted by molar-refractivity contribution is 5.51. The van der Waals surface area contributed by atoms with Crippen molar-refractivity contribution in [2.75, 3.05) is 24.5 Å². The van der Waals surface area contributed by atoms with Crippen molar-refractivity contribution in [2.24, 2.45) is 5.41 Å². The lowest BCUT2D eigenvalue weighted by molar-refractivity contribution is -0.209. The minimum Gasteiger partial charge on any atom is -0.370 e. The van der Waals surface area contributed by atoms with E-state index in [0.29, 0.717) is 6.42 Å². The van der Waals surface area contributed by atoms with E-state index < -0.39 is 5.67 Å². The van der Waals surface area contributed by atoms with Gasteiger partial charge in [0, 0.05) is 45.0 Å². The van der Waals surface area contributed by atoms with Gasteiger partial charge in [0.05, 0.1) is 41.4 Å². The number of hydrogen-bond donors (Lipinski definition) is 1. The molecule has 1 N–H and O–H groups in total. The summed E-state index contributed by atoms with van der Waals surface area (Å²) >= 11 is 0. The van der Waals surface area contributed by atoms with Crippen molar-refractivity contribution in [3.63, 3.8) is 0 Å². The third-order valence-corrected chi connectivity index (χ3v) is 7.81. The van der Waals surface area contributed by atoms with Crippen LogP contribution in [0, 0.1) is 5.41 Å². The predicted molar refractivity (Wildman–Crippen MR) is 130 cm³/mol. The van der Waals surface area contributed by atoms with Gasteiger partial charge in [-0.15, -0.1) is 5.10 Å². The van der Waals surface area contributed by atoms with Crippen LogP contribution in [0.3, 0.4) is 0 Å². The molecule has 4 aromatic rings. The molecule has 4 fully saturated rings. The van der Waals surface area contributed by atoms with Gasteiger partial charge < -0.3 is 14.6 Å². The third-order valence-electron chi connectivity index (χ3n) is 7.81. The summed E-state index contributed by atoms with van der Waals surface area (Å²) in [6.45, 7) is 3.85. The summed E-state index contributed by atoms with van der Waals surface area (Å²) in [4.78, 5) is 11.5. The van der Waals surface area contributed by atoms with Gasteiger partial charge in [0.25, 0.3) is 0 Å². The van der Waals surface area contributed by atoms with Crippen molar-refractivity contribution >= 4 is 11.3 Å². The molecule has 0 unspecified atom stereocenters. The van der Waals surface area contributed by atoms with Crippen LogP contribution >= 0.6 is 0 Å². The molecule has 8 nitrogen and oxygen atoms in total. The zero-order chi connectivity index (χ0) is 23.5. The normalized spacial score (nSPS) is 25.1. The van der Waals surface area contributed by atoms with E-state index in [-0.39, 0.29) is 5.41 Å². The average molecular weight is 473 g/mol. The van der Waals surface area contributed by atoms with Crippen LogP contribution in [0.2, 0.25) is 0 Å². The monoisotopic (exact) mass is 472 g/mol. The fraction of sp³-hybridized carbons (Fsp3) is 0.462. The summed E-state index contributed by atoms with van der Waals surface area (Å²) in [5, 5.41) is 12.2. The highest BCUT2D eigenvalue weighted by atomic mass is 19.1. The Labute approximate surface area is 203 Å². The van der Waals surface area contributed by atoms with Crippen molar-refractivity contribution in [1.29, 1.82) is 0 Å². The summed E-state index contributed by atoms with van der Waals surface area (Å²) in [7, 11) is 0. The highest BCUT2D eigenvalue weighted by Gasteiger charge is 2.68. The molecule has 4 aromatic heterocycles. The predicted octanol–water partition coefficient (Wildman–Crippen LogP) is 3.48. The fourth-order valence-electron chi connectivity index (χ4n) is 6.18. The first-order chi connectivity index (χ1) is 17.0. The summed E-state index contributed by atoms with van der Waals surface area (Å²) < 4.78 is 17.6. The lowest BCUT2D eigenvalue weighted by Gasteiger charge is -2.66. The van der Waals surface area contributed by atoms with Gasteiger partial charge in [-0.05, 0) is 55.2 Å². The van der Waals surface area contributed by atoms with Gasteiger partial charge in [-0.3, -0.25) is 4.98 Å². The number of nitrogens with zero attached hydrogens (tertiary/aromatic N) is 7. The molecule has 0 spiro atoms. The number of fused-ring (bicyclic) bond motifs is 1. The van der Waals surface area contributed by atoms with Crippen LogP contribution in [0.5, 0.6) is 0 Å². The number of imidazole rings is 1. The summed E-state index contributed by atoms with van der Waals surface area (Å²) in [6.07, 6.45) is 15.2. The lowest BCUT2D eigenvalue weighted by atomic mass is 9.42. The molecule has 0 radical (unpaired) electrons. The topological polar surface area (TPSA) is 76.2 Å². The zero-order valence-electron chi connectivity index (χ0n) is 19.7. The maximum absolute atomic E-state index is 13.7. The van der Waals surface area contributed by atoms with Crippen molar-refractivity contribution in [3.8, 4) is 5.69 Å². The van der Waals surface area contributed by atoms with Gasteiger partial charge in [0.2, 0.25) is 0 Å². The number of nitrogens with one attached hydrogen (secondary N) is 1. The Bertz CT molecular complexity index is 1370. The molecule has 3 aliphatic carbocycles. The van der Waals surface area contributed by atoms with E-state index >= 15 is 0 Å². The minimum atomic E-state index is -0.826. The largest absolute Gasteiger partial charge is 0.370 e. The maximum Gasteiger partial charge on any atom is 0.137 e. The van der Waals surface area contributed by atoms with Gasteiger partial charge in [0.1, 0.15) is 11.3 Å². The number of alkyl halides is 1. The number of pyridine rings is 2. The van der Waals surface area contributed by atoms with Crippen LogP contribution in [-0.4, -0.2) is 54.7 Å². The summed E-state index contributed by atoms with van der Waals surface area (Å²) in [5.41, 5.74) is 5.38. The van der Waals surface area contributed by atoms with Crippen LogP contribution in [0.15, 0.2) is 49.2 Å². The van der Waals surface area contributed by atoms with E-state index in [9.17, 15) is 4.39 Å². The molecule has 5 heterocycles. The fourth-order valence-corrected chi connectivity index (χ4v) is 6.18. The van der Waals surface area contributed by atoms with Crippen molar-refractivity contribution < 1.29 is 4.39 Å². The highest BCUT2D eigenvalue weighted by Crippen LogP contribution is 2.69. The zero-order valence-corrected chi connectivity index (χ0v) is 19.7. The number of rotatable bonds is 8. The van der Waals surface area contributed by atoms with Gasteiger partial charge in [-0.25, -0.2) is 14.1 Å². The molecule has 9 heteroatoms.